The molecule has 0 aliphatic heterocycles. The summed E-state index contributed by atoms with van der Waals surface area (Å²) in [7, 11) is 0. The van der Waals surface area contributed by atoms with Crippen molar-refractivity contribution in [3.63, 3.8) is 0 Å². The zero-order valence-corrected chi connectivity index (χ0v) is 13.9. The molecule has 1 aromatic heterocycles. The van der Waals surface area contributed by atoms with Crippen molar-refractivity contribution in [3.05, 3.63) is 53.3 Å². The Labute approximate surface area is 139 Å². The second-order valence-corrected chi connectivity index (χ2v) is 6.17. The van der Waals surface area contributed by atoms with Crippen LogP contribution in [0, 0.1) is 5.82 Å². The highest BCUT2D eigenvalue weighted by Gasteiger charge is 2.26. The minimum atomic E-state index is -0.872. The third-order valence-electron chi connectivity index (χ3n) is 3.49. The molecule has 0 saturated heterocycles. The maximum Gasteiger partial charge on any atom is 0.315 e. The van der Waals surface area contributed by atoms with Crippen LogP contribution in [0.5, 0.6) is 0 Å². The maximum atomic E-state index is 14.1. The predicted molar refractivity (Wildman–Crippen MR) is 87.8 cm³/mol. The average Bonchev–Trinajstić information content (AvgIpc) is 2.99. The van der Waals surface area contributed by atoms with Crippen molar-refractivity contribution in [1.29, 1.82) is 0 Å². The van der Waals surface area contributed by atoms with Crippen LogP contribution in [0.4, 0.5) is 9.18 Å². The van der Waals surface area contributed by atoms with E-state index in [1.165, 1.54) is 6.07 Å². The number of hydrogen-bond donors (Lipinski definition) is 2. The van der Waals surface area contributed by atoms with Crippen LogP contribution in [-0.2, 0) is 12.1 Å². The second-order valence-electron chi connectivity index (χ2n) is 5.76. The van der Waals surface area contributed by atoms with E-state index in [9.17, 15) is 9.18 Å². The summed E-state index contributed by atoms with van der Waals surface area (Å²) in [4.78, 5) is 15.9. The van der Waals surface area contributed by atoms with Crippen molar-refractivity contribution in [1.82, 2.24) is 20.2 Å². The smallest absolute Gasteiger partial charge is 0.315 e. The molecule has 7 heteroatoms. The first-order valence-electron chi connectivity index (χ1n) is 7.36. The highest BCUT2D eigenvalue weighted by atomic mass is 35.5. The number of benzene rings is 1. The van der Waals surface area contributed by atoms with Crippen molar-refractivity contribution in [2.24, 2.45) is 0 Å². The van der Waals surface area contributed by atoms with Gasteiger partial charge in [0.1, 0.15) is 5.82 Å². The largest absolute Gasteiger partial charge is 0.338 e. The molecule has 0 radical (unpaired) electrons. The zero-order valence-electron chi connectivity index (χ0n) is 13.1. The fourth-order valence-corrected chi connectivity index (χ4v) is 2.44. The van der Waals surface area contributed by atoms with Crippen LogP contribution in [0.25, 0.3) is 0 Å². The molecule has 2 aromatic rings. The predicted octanol–water partition coefficient (Wildman–Crippen LogP) is 3.30. The molecule has 0 atom stereocenters. The van der Waals surface area contributed by atoms with Crippen LogP contribution >= 0.6 is 11.6 Å². The van der Waals surface area contributed by atoms with E-state index in [1.54, 1.807) is 38.5 Å². The molecule has 0 spiro atoms. The van der Waals surface area contributed by atoms with Crippen LogP contribution in [0.1, 0.15) is 25.8 Å². The topological polar surface area (TPSA) is 59.0 Å². The van der Waals surface area contributed by atoms with Crippen molar-refractivity contribution in [3.8, 4) is 0 Å². The first kappa shape index (κ1) is 17.3. The number of urea groups is 1. The maximum absolute atomic E-state index is 14.1. The van der Waals surface area contributed by atoms with Gasteiger partial charge in [-0.2, -0.15) is 0 Å². The number of halogens is 2. The first-order chi connectivity index (χ1) is 10.9. The standard InChI is InChI=1S/C16H20ClFN4O/c1-16(2,12-5-3-6-13(17)14(12)18)21-15(23)20-7-4-9-22-10-8-19-11-22/h3,5-6,8,10-11H,4,7,9H2,1-2H3,(H2,20,21,23). The first-order valence-corrected chi connectivity index (χ1v) is 7.74. The Morgan fingerprint density at radius 3 is 2.91 bits per heavy atom. The lowest BCUT2D eigenvalue weighted by atomic mass is 9.94. The highest BCUT2D eigenvalue weighted by Crippen LogP contribution is 2.27. The van der Waals surface area contributed by atoms with Gasteiger partial charge in [-0.15, -0.1) is 0 Å². The lowest BCUT2D eigenvalue weighted by Gasteiger charge is -2.27. The number of amides is 2. The molecule has 2 rings (SSSR count). The van der Waals surface area contributed by atoms with Gasteiger partial charge in [-0.05, 0) is 26.3 Å². The third-order valence-corrected chi connectivity index (χ3v) is 3.78. The quantitative estimate of drug-likeness (QED) is 0.794. The van der Waals surface area contributed by atoms with E-state index in [0.29, 0.717) is 12.1 Å². The number of carbonyl (C=O) groups is 1. The van der Waals surface area contributed by atoms with Gasteiger partial charge in [-0.25, -0.2) is 14.2 Å². The SMILES string of the molecule is CC(C)(NC(=O)NCCCn1ccnc1)c1cccc(Cl)c1F. The van der Waals surface area contributed by atoms with Crippen LogP contribution < -0.4 is 10.6 Å². The minimum Gasteiger partial charge on any atom is -0.338 e. The van der Waals surface area contributed by atoms with E-state index in [-0.39, 0.29) is 11.1 Å². The van der Waals surface area contributed by atoms with Crippen LogP contribution in [0.3, 0.4) is 0 Å². The third kappa shape index (κ3) is 4.69. The Kier molecular flexibility index (Phi) is 5.60. The average molecular weight is 339 g/mol. The summed E-state index contributed by atoms with van der Waals surface area (Å²) in [6.07, 6.45) is 6.08. The molecule has 2 amide bonds. The summed E-state index contributed by atoms with van der Waals surface area (Å²) < 4.78 is 16.0. The molecule has 1 aromatic carbocycles. The number of carbonyl (C=O) groups excluding carboxylic acids is 1. The van der Waals surface area contributed by atoms with Gasteiger partial charge in [0, 0.05) is 31.0 Å². The fourth-order valence-electron chi connectivity index (χ4n) is 2.26. The second kappa shape index (κ2) is 7.46. The lowest BCUT2D eigenvalue weighted by molar-refractivity contribution is 0.229. The number of rotatable bonds is 6. The molecule has 0 aliphatic rings. The highest BCUT2D eigenvalue weighted by molar-refractivity contribution is 6.30. The number of imidazole rings is 1. The molecule has 1 heterocycles. The number of aromatic nitrogens is 2. The normalized spacial score (nSPS) is 11.3. The van der Waals surface area contributed by atoms with E-state index in [1.807, 2.05) is 10.8 Å². The van der Waals surface area contributed by atoms with E-state index in [0.717, 1.165) is 13.0 Å². The van der Waals surface area contributed by atoms with E-state index in [4.69, 9.17) is 11.6 Å². The Morgan fingerprint density at radius 1 is 1.43 bits per heavy atom. The lowest BCUT2D eigenvalue weighted by Crippen LogP contribution is -2.47. The number of aryl methyl sites for hydroxylation is 1. The van der Waals surface area contributed by atoms with Gasteiger partial charge in [0.15, 0.2) is 0 Å². The number of hydrogen-bond acceptors (Lipinski definition) is 2. The molecule has 23 heavy (non-hydrogen) atoms. The number of nitrogens with one attached hydrogen (secondary N) is 2. The molecule has 124 valence electrons. The minimum absolute atomic E-state index is 0.0399. The van der Waals surface area contributed by atoms with E-state index >= 15 is 0 Å². The van der Waals surface area contributed by atoms with Crippen molar-refractivity contribution < 1.29 is 9.18 Å². The van der Waals surface area contributed by atoms with Crippen LogP contribution in [0.2, 0.25) is 5.02 Å². The number of nitrogens with zero attached hydrogens (tertiary/aromatic N) is 2. The summed E-state index contributed by atoms with van der Waals surface area (Å²) >= 11 is 5.80. The molecule has 0 aliphatic carbocycles. The Balaban J connectivity index is 1.84. The van der Waals surface area contributed by atoms with Crippen molar-refractivity contribution in [2.75, 3.05) is 6.54 Å². The molecule has 0 saturated carbocycles. The van der Waals surface area contributed by atoms with Gasteiger partial charge in [-0.1, -0.05) is 23.7 Å². The van der Waals surface area contributed by atoms with E-state index in [2.05, 4.69) is 15.6 Å². The molecule has 5 nitrogen and oxygen atoms in total. The van der Waals surface area contributed by atoms with Gasteiger partial charge in [0.25, 0.3) is 0 Å². The zero-order chi connectivity index (χ0) is 16.9. The molecular formula is C16H20ClFN4O. The molecule has 0 unspecified atom stereocenters. The Morgan fingerprint density at radius 2 is 2.22 bits per heavy atom. The summed E-state index contributed by atoms with van der Waals surface area (Å²) in [5.74, 6) is -0.514. The molecular weight excluding hydrogens is 319 g/mol. The van der Waals surface area contributed by atoms with Gasteiger partial charge in [0.2, 0.25) is 0 Å². The molecule has 0 fully saturated rings. The van der Waals surface area contributed by atoms with E-state index < -0.39 is 11.4 Å². The monoisotopic (exact) mass is 338 g/mol. The fraction of sp³-hybridized carbons (Fsp3) is 0.375. The summed E-state index contributed by atoms with van der Waals surface area (Å²) in [6, 6.07) is 4.40. The molecule has 0 bridgehead atoms. The molecule has 2 N–H and O–H groups in total. The van der Waals surface area contributed by atoms with Gasteiger partial charge >= 0.3 is 6.03 Å². The van der Waals surface area contributed by atoms with Crippen molar-refractivity contribution in [2.45, 2.75) is 32.4 Å². The Bertz CT molecular complexity index is 658. The van der Waals surface area contributed by atoms with Crippen molar-refractivity contribution >= 4 is 17.6 Å². The van der Waals surface area contributed by atoms with Gasteiger partial charge in [0.05, 0.1) is 16.9 Å². The van der Waals surface area contributed by atoms with Crippen LogP contribution in [0.15, 0.2) is 36.9 Å². The summed E-state index contributed by atoms with van der Waals surface area (Å²) in [6.45, 7) is 4.74. The summed E-state index contributed by atoms with van der Waals surface area (Å²) in [5, 5.41) is 5.57. The Hall–Kier alpha value is -2.08. The summed E-state index contributed by atoms with van der Waals surface area (Å²) in [5.41, 5.74) is -0.526. The van der Waals surface area contributed by atoms with Crippen LogP contribution in [-0.4, -0.2) is 22.1 Å². The van der Waals surface area contributed by atoms with Gasteiger partial charge < -0.3 is 15.2 Å². The van der Waals surface area contributed by atoms with Gasteiger partial charge in [-0.3, -0.25) is 0 Å².